The van der Waals surface area contributed by atoms with Crippen molar-refractivity contribution < 1.29 is 4.79 Å². The molecule has 0 aliphatic rings. The number of hydrogen-bond donors (Lipinski definition) is 1. The molecule has 0 radical (unpaired) electrons. The average molecular weight is 288 g/mol. The van der Waals surface area contributed by atoms with Gasteiger partial charge in [0.15, 0.2) is 0 Å². The highest BCUT2D eigenvalue weighted by Crippen LogP contribution is 2.22. The standard InChI is InChI=1S/C11H14BrNOS/c1-8-9(4-3-5-10(8)12)6-15-7-11(14)13-2/h3-5H,6-7H2,1-2H3,(H,13,14). The molecular formula is C11H14BrNOS. The molecule has 4 heteroatoms. The molecule has 1 N–H and O–H groups in total. The van der Waals surface area contributed by atoms with Gasteiger partial charge in [0.1, 0.15) is 0 Å². The highest BCUT2D eigenvalue weighted by molar-refractivity contribution is 9.10. The van der Waals surface area contributed by atoms with Gasteiger partial charge in [-0.2, -0.15) is 0 Å². The van der Waals surface area contributed by atoms with Gasteiger partial charge in [-0.3, -0.25) is 4.79 Å². The van der Waals surface area contributed by atoms with Crippen LogP contribution in [0.4, 0.5) is 0 Å². The zero-order chi connectivity index (χ0) is 11.3. The Bertz CT molecular complexity index is 354. The van der Waals surface area contributed by atoms with Gasteiger partial charge in [-0.15, -0.1) is 11.8 Å². The van der Waals surface area contributed by atoms with Crippen molar-refractivity contribution in [1.29, 1.82) is 0 Å². The van der Waals surface area contributed by atoms with Crippen molar-refractivity contribution in [2.45, 2.75) is 12.7 Å². The molecule has 0 atom stereocenters. The normalized spacial score (nSPS) is 10.1. The number of hydrogen-bond acceptors (Lipinski definition) is 2. The monoisotopic (exact) mass is 287 g/mol. The van der Waals surface area contributed by atoms with E-state index in [4.69, 9.17) is 0 Å². The third kappa shape index (κ3) is 3.87. The number of carbonyl (C=O) groups is 1. The van der Waals surface area contributed by atoms with Crippen molar-refractivity contribution in [2.24, 2.45) is 0 Å². The topological polar surface area (TPSA) is 29.1 Å². The Morgan fingerprint density at radius 2 is 2.27 bits per heavy atom. The minimum Gasteiger partial charge on any atom is -0.358 e. The van der Waals surface area contributed by atoms with E-state index in [2.05, 4.69) is 34.2 Å². The van der Waals surface area contributed by atoms with Crippen molar-refractivity contribution >= 4 is 33.6 Å². The maximum atomic E-state index is 11.0. The van der Waals surface area contributed by atoms with Crippen molar-refractivity contribution in [3.63, 3.8) is 0 Å². The maximum absolute atomic E-state index is 11.0. The SMILES string of the molecule is CNC(=O)CSCc1cccc(Br)c1C. The Morgan fingerprint density at radius 1 is 1.53 bits per heavy atom. The minimum atomic E-state index is 0.0765. The van der Waals surface area contributed by atoms with Crippen LogP contribution in [0.1, 0.15) is 11.1 Å². The summed E-state index contributed by atoms with van der Waals surface area (Å²) in [7, 11) is 1.66. The lowest BCUT2D eigenvalue weighted by molar-refractivity contribution is -0.118. The van der Waals surface area contributed by atoms with Gasteiger partial charge in [-0.1, -0.05) is 28.1 Å². The van der Waals surface area contributed by atoms with Crippen molar-refractivity contribution in [2.75, 3.05) is 12.8 Å². The zero-order valence-electron chi connectivity index (χ0n) is 8.84. The third-order valence-corrected chi connectivity index (χ3v) is 3.99. The van der Waals surface area contributed by atoms with E-state index in [1.807, 2.05) is 12.1 Å². The van der Waals surface area contributed by atoms with Gasteiger partial charge in [0.05, 0.1) is 5.75 Å². The van der Waals surface area contributed by atoms with Gasteiger partial charge in [-0.25, -0.2) is 0 Å². The van der Waals surface area contributed by atoms with E-state index < -0.39 is 0 Å². The first-order valence-corrected chi connectivity index (χ1v) is 6.62. The quantitative estimate of drug-likeness (QED) is 0.923. The number of amides is 1. The van der Waals surface area contributed by atoms with Crippen molar-refractivity contribution in [3.05, 3.63) is 33.8 Å². The molecule has 1 amide bonds. The summed E-state index contributed by atoms with van der Waals surface area (Å²) >= 11 is 5.12. The van der Waals surface area contributed by atoms with E-state index in [-0.39, 0.29) is 5.91 Å². The molecule has 1 rings (SSSR count). The van der Waals surface area contributed by atoms with E-state index in [1.54, 1.807) is 18.8 Å². The van der Waals surface area contributed by atoms with Crippen LogP contribution in [0.15, 0.2) is 22.7 Å². The van der Waals surface area contributed by atoms with Crippen LogP contribution in [0, 0.1) is 6.92 Å². The van der Waals surface area contributed by atoms with Crippen molar-refractivity contribution in [3.8, 4) is 0 Å². The van der Waals surface area contributed by atoms with E-state index >= 15 is 0 Å². The Hall–Kier alpha value is -0.480. The lowest BCUT2D eigenvalue weighted by Crippen LogP contribution is -2.19. The summed E-state index contributed by atoms with van der Waals surface area (Å²) in [6.45, 7) is 2.08. The second kappa shape index (κ2) is 6.18. The first-order valence-electron chi connectivity index (χ1n) is 4.67. The first kappa shape index (κ1) is 12.6. The molecule has 2 nitrogen and oxygen atoms in total. The van der Waals surface area contributed by atoms with Gasteiger partial charge < -0.3 is 5.32 Å². The summed E-state index contributed by atoms with van der Waals surface area (Å²) in [6, 6.07) is 6.14. The first-order chi connectivity index (χ1) is 7.15. The number of benzene rings is 1. The van der Waals surface area contributed by atoms with Crippen LogP contribution < -0.4 is 5.32 Å². The van der Waals surface area contributed by atoms with E-state index in [0.717, 1.165) is 10.2 Å². The van der Waals surface area contributed by atoms with Crippen LogP contribution in [0.25, 0.3) is 0 Å². The average Bonchev–Trinajstić information content (AvgIpc) is 2.24. The molecule has 0 spiro atoms. The molecule has 1 aromatic carbocycles. The molecule has 0 heterocycles. The Labute approximate surface area is 103 Å². The van der Waals surface area contributed by atoms with Crippen LogP contribution in [0.3, 0.4) is 0 Å². The van der Waals surface area contributed by atoms with Gasteiger partial charge in [0.25, 0.3) is 0 Å². The van der Waals surface area contributed by atoms with Crippen LogP contribution in [0.5, 0.6) is 0 Å². The van der Waals surface area contributed by atoms with Crippen LogP contribution in [-0.4, -0.2) is 18.7 Å². The number of halogens is 1. The fraction of sp³-hybridized carbons (Fsp3) is 0.364. The molecule has 0 bridgehead atoms. The Morgan fingerprint density at radius 3 is 2.93 bits per heavy atom. The molecule has 15 heavy (non-hydrogen) atoms. The highest BCUT2D eigenvalue weighted by Gasteiger charge is 2.03. The van der Waals surface area contributed by atoms with E-state index in [0.29, 0.717) is 5.75 Å². The smallest absolute Gasteiger partial charge is 0.229 e. The second-order valence-corrected chi connectivity index (χ2v) is 5.03. The molecule has 0 saturated heterocycles. The molecule has 82 valence electrons. The van der Waals surface area contributed by atoms with Crippen LogP contribution in [-0.2, 0) is 10.5 Å². The summed E-state index contributed by atoms with van der Waals surface area (Å²) < 4.78 is 1.13. The fourth-order valence-electron chi connectivity index (χ4n) is 1.13. The molecule has 0 saturated carbocycles. The summed E-state index contributed by atoms with van der Waals surface area (Å²) in [5.41, 5.74) is 2.53. The van der Waals surface area contributed by atoms with E-state index in [1.165, 1.54) is 11.1 Å². The molecule has 1 aromatic rings. The molecule has 0 aromatic heterocycles. The van der Waals surface area contributed by atoms with Crippen molar-refractivity contribution in [1.82, 2.24) is 5.32 Å². The third-order valence-electron chi connectivity index (χ3n) is 2.15. The second-order valence-electron chi connectivity index (χ2n) is 3.19. The minimum absolute atomic E-state index is 0.0765. The molecular weight excluding hydrogens is 274 g/mol. The predicted octanol–water partition coefficient (Wildman–Crippen LogP) is 2.74. The number of carbonyl (C=O) groups excluding carboxylic acids is 1. The number of rotatable bonds is 4. The largest absolute Gasteiger partial charge is 0.358 e. The highest BCUT2D eigenvalue weighted by atomic mass is 79.9. The Kier molecular flexibility index (Phi) is 5.19. The van der Waals surface area contributed by atoms with Gasteiger partial charge >= 0.3 is 0 Å². The summed E-state index contributed by atoms with van der Waals surface area (Å²) in [6.07, 6.45) is 0. The summed E-state index contributed by atoms with van der Waals surface area (Å²) in [4.78, 5) is 11.0. The van der Waals surface area contributed by atoms with Crippen LogP contribution >= 0.6 is 27.7 Å². The molecule has 0 fully saturated rings. The molecule has 0 unspecified atom stereocenters. The van der Waals surface area contributed by atoms with Gasteiger partial charge in [-0.05, 0) is 24.1 Å². The number of nitrogens with one attached hydrogen (secondary N) is 1. The molecule has 0 aliphatic heterocycles. The van der Waals surface area contributed by atoms with Crippen LogP contribution in [0.2, 0.25) is 0 Å². The number of thioether (sulfide) groups is 1. The Balaban J connectivity index is 2.51. The fourth-order valence-corrected chi connectivity index (χ4v) is 2.51. The van der Waals surface area contributed by atoms with Gasteiger partial charge in [0, 0.05) is 17.3 Å². The summed E-state index contributed by atoms with van der Waals surface area (Å²) in [5, 5.41) is 2.61. The van der Waals surface area contributed by atoms with Gasteiger partial charge in [0.2, 0.25) is 5.91 Å². The lowest BCUT2D eigenvalue weighted by Gasteiger charge is -2.06. The lowest BCUT2D eigenvalue weighted by atomic mass is 10.1. The zero-order valence-corrected chi connectivity index (χ0v) is 11.2. The predicted molar refractivity (Wildman–Crippen MR) is 69.1 cm³/mol. The summed E-state index contributed by atoms with van der Waals surface area (Å²) in [5.74, 6) is 1.47. The maximum Gasteiger partial charge on any atom is 0.229 e. The molecule has 0 aliphatic carbocycles. The van der Waals surface area contributed by atoms with E-state index in [9.17, 15) is 4.79 Å².